The second-order valence-corrected chi connectivity index (χ2v) is 16.8. The van der Waals surface area contributed by atoms with Crippen molar-refractivity contribution in [1.29, 1.82) is 0 Å². The lowest BCUT2D eigenvalue weighted by molar-refractivity contribution is -0.384. The Morgan fingerprint density at radius 1 is 0.920 bits per heavy atom. The molecular formula is C37H48N6O5S2. The van der Waals surface area contributed by atoms with Crippen LogP contribution in [-0.2, 0) is 10.0 Å². The van der Waals surface area contributed by atoms with Crippen LogP contribution in [0.2, 0.25) is 0 Å². The van der Waals surface area contributed by atoms with Gasteiger partial charge in [0.2, 0.25) is 0 Å². The number of thioether (sulfide) groups is 1. The highest BCUT2D eigenvalue weighted by molar-refractivity contribution is 7.99. The number of carbonyl (C=O) groups is 1. The Kier molecular flexibility index (Phi) is 11.7. The normalized spacial score (nSPS) is 18.9. The molecule has 6 rings (SSSR count). The number of rotatable bonds is 13. The molecule has 2 heterocycles. The lowest BCUT2D eigenvalue weighted by Crippen LogP contribution is -2.45. The molecule has 3 aromatic carbocycles. The summed E-state index contributed by atoms with van der Waals surface area (Å²) in [5, 5.41) is 15.6. The Hall–Kier alpha value is -3.65. The summed E-state index contributed by atoms with van der Waals surface area (Å²) in [5.41, 5.74) is 1.60. The van der Waals surface area contributed by atoms with Crippen LogP contribution in [0.25, 0.3) is 0 Å². The molecule has 11 nitrogen and oxygen atoms in total. The molecule has 1 spiro atoms. The second-order valence-electron chi connectivity index (χ2n) is 14.0. The number of hydrogen-bond donors (Lipinski definition) is 2. The quantitative estimate of drug-likeness (QED) is 0.122. The van der Waals surface area contributed by atoms with E-state index in [-0.39, 0.29) is 27.9 Å². The third kappa shape index (κ3) is 9.17. The molecule has 1 saturated carbocycles. The first kappa shape index (κ1) is 36.2. The highest BCUT2D eigenvalue weighted by atomic mass is 32.2. The minimum Gasteiger partial charge on any atom is -0.376 e. The topological polar surface area (TPSA) is 128 Å². The van der Waals surface area contributed by atoms with Crippen LogP contribution in [0.1, 0.15) is 55.3 Å². The molecule has 50 heavy (non-hydrogen) atoms. The summed E-state index contributed by atoms with van der Waals surface area (Å²) in [6, 6.07) is 20.6. The van der Waals surface area contributed by atoms with Gasteiger partial charge in [-0.3, -0.25) is 14.9 Å². The van der Waals surface area contributed by atoms with Crippen LogP contribution in [0.4, 0.5) is 17.1 Å². The molecular weight excluding hydrogens is 673 g/mol. The van der Waals surface area contributed by atoms with E-state index in [0.29, 0.717) is 11.2 Å². The van der Waals surface area contributed by atoms with Gasteiger partial charge in [-0.1, -0.05) is 31.0 Å². The van der Waals surface area contributed by atoms with Crippen molar-refractivity contribution in [2.75, 3.05) is 68.8 Å². The molecule has 1 atom stereocenters. The largest absolute Gasteiger partial charge is 0.376 e. The monoisotopic (exact) mass is 720 g/mol. The van der Waals surface area contributed by atoms with E-state index < -0.39 is 20.9 Å². The molecule has 0 unspecified atom stereocenters. The Bertz CT molecular complexity index is 1720. The Morgan fingerprint density at radius 3 is 2.26 bits per heavy atom. The Labute approximate surface area is 300 Å². The molecule has 2 aliphatic heterocycles. The SMILES string of the molecule is CN1CCN(CC[C@H](CSc2ccccc2)Nc2ccc(S(=O)(=O)NC(=O)c3ccc(N4CCC5(CCCC5)CC4)cc3)cc2[N+](=O)[O-])CC1. The molecule has 1 amide bonds. The van der Waals surface area contributed by atoms with Crippen LogP contribution in [0.3, 0.4) is 0 Å². The van der Waals surface area contributed by atoms with Crippen molar-refractivity contribution >= 4 is 44.8 Å². The van der Waals surface area contributed by atoms with Gasteiger partial charge in [0, 0.05) is 79.8 Å². The standard InChI is InChI=1S/C37H48N6O5S2/c1-40-23-25-41(26-24-40)20-15-30(28-49-32-7-3-2-4-8-32)38-34-14-13-33(27-35(34)43(45)46)50(47,48)39-36(44)29-9-11-31(12-10-29)42-21-18-37(19-22-42)16-5-6-17-37/h2-4,7-14,27,30,38H,5-6,15-26,28H2,1H3,(H,39,44)/t30-/m1/s1. The van der Waals surface area contributed by atoms with E-state index >= 15 is 0 Å². The fourth-order valence-corrected chi connectivity index (χ4v) is 9.41. The van der Waals surface area contributed by atoms with Crippen molar-refractivity contribution in [3.8, 4) is 0 Å². The van der Waals surface area contributed by atoms with Crippen LogP contribution in [0.5, 0.6) is 0 Å². The zero-order valence-electron chi connectivity index (χ0n) is 28.8. The average Bonchev–Trinajstić information content (AvgIpc) is 3.58. The lowest BCUT2D eigenvalue weighted by Gasteiger charge is -2.40. The van der Waals surface area contributed by atoms with Gasteiger partial charge in [-0.05, 0) is 93.1 Å². The van der Waals surface area contributed by atoms with Crippen LogP contribution < -0.4 is 14.9 Å². The number of sulfonamides is 1. The van der Waals surface area contributed by atoms with Crippen molar-refractivity contribution in [2.24, 2.45) is 5.41 Å². The lowest BCUT2D eigenvalue weighted by atomic mass is 9.77. The molecule has 268 valence electrons. The minimum atomic E-state index is -4.38. The van der Waals surface area contributed by atoms with Crippen LogP contribution in [0.15, 0.2) is 82.6 Å². The van der Waals surface area contributed by atoms with Gasteiger partial charge in [-0.2, -0.15) is 0 Å². The number of carbonyl (C=O) groups excluding carboxylic acids is 1. The number of nitrogens with one attached hydrogen (secondary N) is 2. The Balaban J connectivity index is 1.11. The summed E-state index contributed by atoms with van der Waals surface area (Å²) < 4.78 is 28.8. The molecule has 13 heteroatoms. The van der Waals surface area contributed by atoms with Crippen molar-refractivity contribution in [1.82, 2.24) is 14.5 Å². The van der Waals surface area contributed by atoms with Gasteiger partial charge in [0.1, 0.15) is 5.69 Å². The minimum absolute atomic E-state index is 0.113. The number of nitro groups is 1. The second kappa shape index (κ2) is 16.1. The zero-order valence-corrected chi connectivity index (χ0v) is 30.4. The first-order valence-electron chi connectivity index (χ1n) is 17.7. The number of nitro benzene ring substituents is 1. The smallest absolute Gasteiger partial charge is 0.293 e. The van der Waals surface area contributed by atoms with Gasteiger partial charge in [-0.25, -0.2) is 13.1 Å². The average molecular weight is 721 g/mol. The summed E-state index contributed by atoms with van der Waals surface area (Å²) >= 11 is 1.67. The van der Waals surface area contributed by atoms with E-state index in [4.69, 9.17) is 0 Å². The molecule has 0 radical (unpaired) electrons. The number of hydrogen-bond acceptors (Lipinski definition) is 10. The van der Waals surface area contributed by atoms with E-state index in [1.807, 2.05) is 42.5 Å². The predicted octanol–water partition coefficient (Wildman–Crippen LogP) is 6.08. The van der Waals surface area contributed by atoms with Gasteiger partial charge in [0.25, 0.3) is 21.6 Å². The molecule has 3 aliphatic rings. The number of amides is 1. The van der Waals surface area contributed by atoms with Crippen LogP contribution in [0, 0.1) is 15.5 Å². The summed E-state index contributed by atoms with van der Waals surface area (Å²) in [6.45, 7) is 6.73. The third-order valence-electron chi connectivity index (χ3n) is 10.6. The zero-order chi connectivity index (χ0) is 35.1. The van der Waals surface area contributed by atoms with Gasteiger partial charge in [-0.15, -0.1) is 11.8 Å². The molecule has 3 aromatic rings. The first-order valence-corrected chi connectivity index (χ1v) is 20.1. The maximum atomic E-state index is 13.3. The van der Waals surface area contributed by atoms with E-state index in [9.17, 15) is 23.3 Å². The van der Waals surface area contributed by atoms with E-state index in [2.05, 4.69) is 31.8 Å². The van der Waals surface area contributed by atoms with Crippen LogP contribution in [-0.4, -0.2) is 93.7 Å². The number of piperazine rings is 1. The summed E-state index contributed by atoms with van der Waals surface area (Å²) in [5.74, 6) is -0.116. The first-order chi connectivity index (χ1) is 24.1. The number of benzene rings is 3. The summed E-state index contributed by atoms with van der Waals surface area (Å²) in [7, 11) is -2.27. The third-order valence-corrected chi connectivity index (χ3v) is 13.1. The molecule has 3 fully saturated rings. The number of nitrogens with zero attached hydrogens (tertiary/aromatic N) is 4. The highest BCUT2D eigenvalue weighted by Gasteiger charge is 2.37. The van der Waals surface area contributed by atoms with Crippen molar-refractivity contribution in [3.05, 3.63) is 88.5 Å². The summed E-state index contributed by atoms with van der Waals surface area (Å²) in [4.78, 5) is 32.5. The van der Waals surface area contributed by atoms with E-state index in [1.165, 1.54) is 50.7 Å². The van der Waals surface area contributed by atoms with Gasteiger partial charge in [0.15, 0.2) is 0 Å². The molecule has 1 aliphatic carbocycles. The fraction of sp³-hybridized carbons (Fsp3) is 0.486. The van der Waals surface area contributed by atoms with Crippen molar-refractivity contribution in [2.45, 2.75) is 60.8 Å². The Morgan fingerprint density at radius 2 is 1.60 bits per heavy atom. The molecule has 2 saturated heterocycles. The maximum absolute atomic E-state index is 13.3. The molecule has 2 N–H and O–H groups in total. The van der Waals surface area contributed by atoms with E-state index in [1.54, 1.807) is 23.9 Å². The molecule has 0 bridgehead atoms. The van der Waals surface area contributed by atoms with Gasteiger partial charge in [0.05, 0.1) is 9.82 Å². The number of piperidine rings is 1. The van der Waals surface area contributed by atoms with Crippen LogP contribution >= 0.6 is 11.8 Å². The van der Waals surface area contributed by atoms with Gasteiger partial charge < -0.3 is 20.0 Å². The van der Waals surface area contributed by atoms with Crippen molar-refractivity contribution < 1.29 is 18.1 Å². The summed E-state index contributed by atoms with van der Waals surface area (Å²) in [6.07, 6.45) is 8.41. The molecule has 0 aromatic heterocycles. The highest BCUT2D eigenvalue weighted by Crippen LogP contribution is 2.46. The maximum Gasteiger partial charge on any atom is 0.293 e. The fourth-order valence-electron chi connectivity index (χ4n) is 7.42. The number of likely N-dealkylation sites (N-methyl/N-ethyl adjacent to an activating group) is 1. The predicted molar refractivity (Wildman–Crippen MR) is 200 cm³/mol. The number of anilines is 2. The van der Waals surface area contributed by atoms with Gasteiger partial charge >= 0.3 is 0 Å². The van der Waals surface area contributed by atoms with Crippen molar-refractivity contribution in [3.63, 3.8) is 0 Å². The van der Waals surface area contributed by atoms with E-state index in [0.717, 1.165) is 68.9 Å².